The zero-order chi connectivity index (χ0) is 38.7. The van der Waals surface area contributed by atoms with Gasteiger partial charge in [0.15, 0.2) is 0 Å². The number of unbranched alkanes of at least 4 members (excludes halogenated alkanes) is 2. The summed E-state index contributed by atoms with van der Waals surface area (Å²) in [5.41, 5.74) is 0.0203. The van der Waals surface area contributed by atoms with E-state index in [1.807, 2.05) is 45.9 Å². The van der Waals surface area contributed by atoms with Crippen LogP contribution in [0.25, 0.3) is 20.5 Å². The number of benzene rings is 2. The summed E-state index contributed by atoms with van der Waals surface area (Å²) in [6.07, 6.45) is -2.50. The summed E-state index contributed by atoms with van der Waals surface area (Å²) in [5, 5.41) is 21.5. The highest BCUT2D eigenvalue weighted by molar-refractivity contribution is 7.22. The van der Waals surface area contributed by atoms with E-state index >= 15 is 0 Å². The van der Waals surface area contributed by atoms with Gasteiger partial charge in [-0.05, 0) is 84.4 Å². The number of hydrogen-bond acceptors (Lipinski definition) is 9. The SMILES string of the molecule is CCCCCc1ccc(-c2cc3ccc(OCC(O)COCCOCC(O)COC(=O)C(C)(CC(C)(C)C)C(C)(C)C)cc3s2)c(OC(F)(F)F)c1. The number of esters is 1. The third-order valence-corrected chi connectivity index (χ3v) is 10.1. The molecule has 1 heterocycles. The Kier molecular flexibility index (Phi) is 15.8. The Morgan fingerprint density at radius 1 is 0.827 bits per heavy atom. The Morgan fingerprint density at radius 2 is 1.48 bits per heavy atom. The van der Waals surface area contributed by atoms with Crippen LogP contribution in [0, 0.1) is 16.2 Å². The number of rotatable bonds is 20. The van der Waals surface area contributed by atoms with Crippen LogP contribution in [0.4, 0.5) is 13.2 Å². The van der Waals surface area contributed by atoms with Crippen LogP contribution in [0.5, 0.6) is 11.5 Å². The highest BCUT2D eigenvalue weighted by Crippen LogP contribution is 2.47. The minimum Gasteiger partial charge on any atom is -0.491 e. The first kappa shape index (κ1) is 43.5. The van der Waals surface area contributed by atoms with Crippen molar-refractivity contribution in [3.63, 3.8) is 0 Å². The average molecular weight is 755 g/mol. The molecule has 52 heavy (non-hydrogen) atoms. The normalized spacial score (nSPS) is 14.9. The number of alkyl halides is 3. The summed E-state index contributed by atoms with van der Waals surface area (Å²) in [4.78, 5) is 13.7. The van der Waals surface area contributed by atoms with E-state index in [-0.39, 0.29) is 62.2 Å². The third-order valence-electron chi connectivity index (χ3n) is 8.93. The molecule has 3 aromatic rings. The summed E-state index contributed by atoms with van der Waals surface area (Å²) in [6, 6.07) is 12.2. The molecule has 292 valence electrons. The van der Waals surface area contributed by atoms with Gasteiger partial charge in [-0.1, -0.05) is 67.4 Å². The first-order chi connectivity index (χ1) is 24.2. The van der Waals surface area contributed by atoms with Crippen LogP contribution in [0.15, 0.2) is 42.5 Å². The zero-order valence-corrected chi connectivity index (χ0v) is 32.7. The quantitative estimate of drug-likeness (QED) is 0.0869. The fourth-order valence-corrected chi connectivity index (χ4v) is 6.95. The average Bonchev–Trinajstić information content (AvgIpc) is 3.45. The van der Waals surface area contributed by atoms with Crippen LogP contribution in [0.1, 0.15) is 86.6 Å². The largest absolute Gasteiger partial charge is 0.573 e. The zero-order valence-electron chi connectivity index (χ0n) is 31.9. The summed E-state index contributed by atoms with van der Waals surface area (Å²) in [7, 11) is 0. The molecule has 3 rings (SSSR count). The molecule has 0 radical (unpaired) electrons. The number of ether oxygens (including phenoxy) is 5. The number of aryl methyl sites for hydroxylation is 1. The molecule has 0 spiro atoms. The number of halogens is 3. The maximum absolute atomic E-state index is 13.3. The molecule has 0 amide bonds. The fourth-order valence-electron chi connectivity index (χ4n) is 5.83. The van der Waals surface area contributed by atoms with Crippen molar-refractivity contribution in [1.82, 2.24) is 0 Å². The number of aliphatic hydroxyl groups is 2. The third kappa shape index (κ3) is 13.8. The highest BCUT2D eigenvalue weighted by Gasteiger charge is 2.47. The molecule has 3 unspecified atom stereocenters. The number of fused-ring (bicyclic) bond motifs is 1. The Balaban J connectivity index is 1.43. The first-order valence-corrected chi connectivity index (χ1v) is 18.8. The van der Waals surface area contributed by atoms with Crippen LogP contribution in [-0.4, -0.2) is 74.4 Å². The molecule has 0 fully saturated rings. The van der Waals surface area contributed by atoms with Gasteiger partial charge in [0.05, 0.1) is 31.8 Å². The molecular formula is C40H57F3O8S. The molecule has 0 saturated carbocycles. The van der Waals surface area contributed by atoms with Gasteiger partial charge in [-0.25, -0.2) is 0 Å². The second-order valence-electron chi connectivity index (χ2n) is 15.8. The van der Waals surface area contributed by atoms with E-state index in [1.54, 1.807) is 18.2 Å². The monoisotopic (exact) mass is 754 g/mol. The molecule has 3 atom stereocenters. The Morgan fingerprint density at radius 3 is 2.08 bits per heavy atom. The summed E-state index contributed by atoms with van der Waals surface area (Å²) < 4.78 is 67.3. The van der Waals surface area contributed by atoms with Crippen LogP contribution >= 0.6 is 11.3 Å². The predicted molar refractivity (Wildman–Crippen MR) is 199 cm³/mol. The van der Waals surface area contributed by atoms with Crippen molar-refractivity contribution < 1.29 is 51.9 Å². The van der Waals surface area contributed by atoms with Gasteiger partial charge >= 0.3 is 12.3 Å². The van der Waals surface area contributed by atoms with Gasteiger partial charge in [0.2, 0.25) is 0 Å². The lowest BCUT2D eigenvalue weighted by atomic mass is 9.61. The van der Waals surface area contributed by atoms with Gasteiger partial charge in [-0.2, -0.15) is 0 Å². The van der Waals surface area contributed by atoms with E-state index < -0.39 is 24.0 Å². The maximum atomic E-state index is 13.3. The van der Waals surface area contributed by atoms with E-state index in [2.05, 4.69) is 32.4 Å². The Bertz CT molecular complexity index is 1560. The maximum Gasteiger partial charge on any atom is 0.573 e. The van der Waals surface area contributed by atoms with Gasteiger partial charge in [-0.3, -0.25) is 4.79 Å². The number of aliphatic hydroxyl groups excluding tert-OH is 2. The molecule has 0 aliphatic carbocycles. The molecule has 0 bridgehead atoms. The van der Waals surface area contributed by atoms with Crippen molar-refractivity contribution in [2.24, 2.45) is 16.2 Å². The minimum absolute atomic E-state index is 0.00942. The van der Waals surface area contributed by atoms with Crippen molar-refractivity contribution in [3.8, 4) is 21.9 Å². The lowest BCUT2D eigenvalue weighted by molar-refractivity contribution is -0.274. The molecule has 0 aliphatic rings. The highest BCUT2D eigenvalue weighted by atomic mass is 32.1. The van der Waals surface area contributed by atoms with E-state index in [0.29, 0.717) is 29.0 Å². The second-order valence-corrected chi connectivity index (χ2v) is 16.9. The van der Waals surface area contributed by atoms with Crippen LogP contribution in [-0.2, 0) is 25.4 Å². The molecule has 0 saturated heterocycles. The van der Waals surface area contributed by atoms with Crippen molar-refractivity contribution >= 4 is 27.4 Å². The van der Waals surface area contributed by atoms with Gasteiger partial charge in [0, 0.05) is 15.1 Å². The number of carbonyl (C=O) groups is 1. The van der Waals surface area contributed by atoms with E-state index in [0.717, 1.165) is 34.9 Å². The number of carbonyl (C=O) groups excluding carboxylic acids is 1. The van der Waals surface area contributed by atoms with E-state index in [1.165, 1.54) is 17.4 Å². The standard InChI is InChI=1S/C40H57F3O8S/c1-9-10-11-12-27-13-16-32(33(19-27)51-40(41,42)43)35-20-28-14-15-31(21-34(28)52-35)49-24-29(44)22-47-17-18-48-23-30(45)25-50-36(46)39(8,38(5,6)7)26-37(2,3)4/h13-16,19-21,29-30,44-45H,9-12,17-18,22-26H2,1-8H3. The van der Waals surface area contributed by atoms with Gasteiger partial charge < -0.3 is 33.9 Å². The van der Waals surface area contributed by atoms with Gasteiger partial charge in [0.1, 0.15) is 36.9 Å². The molecule has 2 aromatic carbocycles. The number of thiophene rings is 1. The topological polar surface area (TPSA) is 104 Å². The molecule has 12 heteroatoms. The van der Waals surface area contributed by atoms with Crippen LogP contribution in [0.2, 0.25) is 0 Å². The number of hydrogen-bond donors (Lipinski definition) is 2. The van der Waals surface area contributed by atoms with E-state index in [4.69, 9.17) is 18.9 Å². The molecule has 0 aliphatic heterocycles. The van der Waals surface area contributed by atoms with Crippen molar-refractivity contribution in [2.45, 2.75) is 106 Å². The van der Waals surface area contributed by atoms with Crippen molar-refractivity contribution in [3.05, 3.63) is 48.0 Å². The molecule has 2 N–H and O–H groups in total. The molecule has 8 nitrogen and oxygen atoms in total. The minimum atomic E-state index is -4.81. The lowest BCUT2D eigenvalue weighted by Crippen LogP contribution is -2.45. The molecular weight excluding hydrogens is 697 g/mol. The Labute approximate surface area is 310 Å². The van der Waals surface area contributed by atoms with Crippen molar-refractivity contribution in [1.29, 1.82) is 0 Å². The second kappa shape index (κ2) is 18.9. The Hall–Kier alpha value is -2.90. The predicted octanol–water partition coefficient (Wildman–Crippen LogP) is 9.37. The molecule has 1 aromatic heterocycles. The van der Waals surface area contributed by atoms with Gasteiger partial charge in [-0.15, -0.1) is 24.5 Å². The lowest BCUT2D eigenvalue weighted by Gasteiger charge is -2.43. The van der Waals surface area contributed by atoms with Crippen LogP contribution in [0.3, 0.4) is 0 Å². The summed E-state index contributed by atoms with van der Waals surface area (Å²) >= 11 is 1.33. The van der Waals surface area contributed by atoms with Crippen molar-refractivity contribution in [2.75, 3.05) is 39.6 Å². The summed E-state index contributed by atoms with van der Waals surface area (Å²) in [5.74, 6) is -0.0662. The van der Waals surface area contributed by atoms with E-state index in [9.17, 15) is 28.2 Å². The summed E-state index contributed by atoms with van der Waals surface area (Å²) in [6.45, 7) is 16.3. The first-order valence-electron chi connectivity index (χ1n) is 17.9. The van der Waals surface area contributed by atoms with Crippen LogP contribution < -0.4 is 9.47 Å². The smallest absolute Gasteiger partial charge is 0.491 e. The fraction of sp³-hybridized carbons (Fsp3) is 0.625. The van der Waals surface area contributed by atoms with Gasteiger partial charge in [0.25, 0.3) is 0 Å².